The molecule has 1 heterocycles. The van der Waals surface area contributed by atoms with Gasteiger partial charge in [0.15, 0.2) is 5.82 Å². The van der Waals surface area contributed by atoms with Gasteiger partial charge in [0.1, 0.15) is 5.82 Å². The van der Waals surface area contributed by atoms with Crippen LogP contribution in [0, 0.1) is 0 Å². The van der Waals surface area contributed by atoms with E-state index in [2.05, 4.69) is 17.0 Å². The first-order chi connectivity index (χ1) is 12.6. The molecule has 6 heteroatoms. The van der Waals surface area contributed by atoms with Crippen LogP contribution >= 0.6 is 0 Å². The van der Waals surface area contributed by atoms with Crippen LogP contribution in [0.2, 0.25) is 0 Å². The molecule has 0 bridgehead atoms. The Morgan fingerprint density at radius 3 is 2.54 bits per heavy atom. The van der Waals surface area contributed by atoms with Crippen LogP contribution in [-0.4, -0.2) is 25.8 Å². The molecule has 2 aromatic carbocycles. The van der Waals surface area contributed by atoms with E-state index in [-0.39, 0.29) is 0 Å². The van der Waals surface area contributed by atoms with Crippen LogP contribution in [-0.2, 0) is 19.5 Å². The number of benzene rings is 2. The number of nitrogens with zero attached hydrogens (tertiary/aromatic N) is 3. The predicted octanol–water partition coefficient (Wildman–Crippen LogP) is 3.10. The Morgan fingerprint density at radius 1 is 1.15 bits per heavy atom. The minimum Gasteiger partial charge on any atom is -0.478 e. The van der Waals surface area contributed by atoms with E-state index in [4.69, 9.17) is 5.73 Å². The zero-order chi connectivity index (χ0) is 18.5. The summed E-state index contributed by atoms with van der Waals surface area (Å²) < 4.78 is 1.84. The quantitative estimate of drug-likeness (QED) is 0.683. The third-order valence-corrected chi connectivity index (χ3v) is 4.20. The van der Waals surface area contributed by atoms with Crippen molar-refractivity contribution in [3.63, 3.8) is 0 Å². The number of hydrogen-bond acceptors (Lipinski definition) is 4. The highest BCUT2D eigenvalue weighted by atomic mass is 16.4. The monoisotopic (exact) mass is 350 g/mol. The fourth-order valence-electron chi connectivity index (χ4n) is 2.92. The molecule has 26 heavy (non-hydrogen) atoms. The second kappa shape index (κ2) is 7.93. The SMILES string of the molecule is CCCc1nc(CN)n(Cc2ccc(-c3ccccc3C(=O)O)cc2)n1. The first kappa shape index (κ1) is 17.8. The van der Waals surface area contributed by atoms with Gasteiger partial charge in [-0.05, 0) is 29.2 Å². The largest absolute Gasteiger partial charge is 0.478 e. The molecule has 0 aliphatic rings. The standard InChI is InChI=1S/C20H22N4O2/c1-2-5-18-22-19(12-21)24(23-18)13-14-8-10-15(11-9-14)16-6-3-4-7-17(16)20(25)26/h3-4,6-11H,2,5,12-13,21H2,1H3,(H,25,26). The van der Waals surface area contributed by atoms with Crippen molar-refractivity contribution in [2.24, 2.45) is 5.73 Å². The van der Waals surface area contributed by atoms with E-state index in [0.29, 0.717) is 24.2 Å². The Morgan fingerprint density at radius 2 is 1.88 bits per heavy atom. The fourth-order valence-corrected chi connectivity index (χ4v) is 2.92. The molecule has 0 spiro atoms. The summed E-state index contributed by atoms with van der Waals surface area (Å²) >= 11 is 0. The number of carbonyl (C=O) groups is 1. The Hall–Kier alpha value is -2.99. The summed E-state index contributed by atoms with van der Waals surface area (Å²) in [5.41, 5.74) is 8.72. The van der Waals surface area contributed by atoms with E-state index in [1.807, 2.05) is 41.1 Å². The molecule has 1 aromatic heterocycles. The first-order valence-electron chi connectivity index (χ1n) is 8.66. The summed E-state index contributed by atoms with van der Waals surface area (Å²) in [4.78, 5) is 15.9. The van der Waals surface area contributed by atoms with Gasteiger partial charge in [-0.15, -0.1) is 0 Å². The number of carboxylic acid groups (broad SMARTS) is 1. The summed E-state index contributed by atoms with van der Waals surface area (Å²) in [6.07, 6.45) is 1.83. The van der Waals surface area contributed by atoms with E-state index in [9.17, 15) is 9.90 Å². The smallest absolute Gasteiger partial charge is 0.336 e. The maximum Gasteiger partial charge on any atom is 0.336 e. The van der Waals surface area contributed by atoms with Gasteiger partial charge in [-0.1, -0.05) is 49.4 Å². The zero-order valence-electron chi connectivity index (χ0n) is 14.7. The Bertz CT molecular complexity index is 900. The number of rotatable bonds is 7. The van der Waals surface area contributed by atoms with Crippen LogP contribution < -0.4 is 5.73 Å². The molecule has 0 aliphatic carbocycles. The topological polar surface area (TPSA) is 94.0 Å². The molecule has 0 amide bonds. The van der Waals surface area contributed by atoms with Crippen molar-refractivity contribution in [3.05, 3.63) is 71.3 Å². The molecule has 0 fully saturated rings. The van der Waals surface area contributed by atoms with Crippen LogP contribution in [0.25, 0.3) is 11.1 Å². The van der Waals surface area contributed by atoms with E-state index < -0.39 is 5.97 Å². The predicted molar refractivity (Wildman–Crippen MR) is 99.8 cm³/mol. The number of nitrogens with two attached hydrogens (primary N) is 1. The van der Waals surface area contributed by atoms with E-state index in [1.54, 1.807) is 12.1 Å². The van der Waals surface area contributed by atoms with Crippen LogP contribution in [0.3, 0.4) is 0 Å². The minimum absolute atomic E-state index is 0.297. The lowest BCUT2D eigenvalue weighted by Crippen LogP contribution is -2.10. The second-order valence-corrected chi connectivity index (χ2v) is 6.10. The van der Waals surface area contributed by atoms with Crippen molar-refractivity contribution in [3.8, 4) is 11.1 Å². The lowest BCUT2D eigenvalue weighted by molar-refractivity contribution is 0.0697. The summed E-state index contributed by atoms with van der Waals surface area (Å²) in [7, 11) is 0. The second-order valence-electron chi connectivity index (χ2n) is 6.10. The third-order valence-electron chi connectivity index (χ3n) is 4.20. The minimum atomic E-state index is -0.927. The summed E-state index contributed by atoms with van der Waals surface area (Å²) in [5.74, 6) is 0.664. The molecule has 0 atom stereocenters. The van der Waals surface area contributed by atoms with Gasteiger partial charge in [0.25, 0.3) is 0 Å². The average molecular weight is 350 g/mol. The summed E-state index contributed by atoms with van der Waals surface area (Å²) in [5, 5.41) is 13.9. The van der Waals surface area contributed by atoms with Gasteiger partial charge in [-0.2, -0.15) is 5.10 Å². The molecule has 0 radical (unpaired) electrons. The average Bonchev–Trinajstić information content (AvgIpc) is 3.04. The van der Waals surface area contributed by atoms with Crippen molar-refractivity contribution in [1.29, 1.82) is 0 Å². The number of hydrogen-bond donors (Lipinski definition) is 2. The molecule has 3 aromatic rings. The number of carboxylic acids is 1. The highest BCUT2D eigenvalue weighted by Crippen LogP contribution is 2.24. The molecule has 0 unspecified atom stereocenters. The zero-order valence-corrected chi connectivity index (χ0v) is 14.7. The lowest BCUT2D eigenvalue weighted by atomic mass is 9.99. The Labute approximate surface area is 152 Å². The van der Waals surface area contributed by atoms with Crippen LogP contribution in [0.5, 0.6) is 0 Å². The molecule has 6 nitrogen and oxygen atoms in total. The van der Waals surface area contributed by atoms with Crippen LogP contribution in [0.1, 0.15) is 40.9 Å². The van der Waals surface area contributed by atoms with Gasteiger partial charge in [0, 0.05) is 6.42 Å². The van der Waals surface area contributed by atoms with Crippen molar-refractivity contribution in [1.82, 2.24) is 14.8 Å². The molecule has 0 aliphatic heterocycles. The van der Waals surface area contributed by atoms with Crippen molar-refractivity contribution in [2.75, 3.05) is 0 Å². The van der Waals surface area contributed by atoms with Gasteiger partial charge < -0.3 is 10.8 Å². The van der Waals surface area contributed by atoms with Crippen LogP contribution in [0.15, 0.2) is 48.5 Å². The molecule has 0 saturated heterocycles. The number of aromatic carboxylic acids is 1. The van der Waals surface area contributed by atoms with Crippen molar-refractivity contribution in [2.45, 2.75) is 32.9 Å². The number of aromatic nitrogens is 3. The van der Waals surface area contributed by atoms with Gasteiger partial charge in [0.2, 0.25) is 0 Å². The molecule has 3 rings (SSSR count). The lowest BCUT2D eigenvalue weighted by Gasteiger charge is -2.08. The molecular formula is C20H22N4O2. The number of aryl methyl sites for hydroxylation is 1. The van der Waals surface area contributed by atoms with E-state index in [1.165, 1.54) is 0 Å². The van der Waals surface area contributed by atoms with Gasteiger partial charge in [0.05, 0.1) is 18.7 Å². The molecule has 0 saturated carbocycles. The highest BCUT2D eigenvalue weighted by molar-refractivity contribution is 5.95. The van der Waals surface area contributed by atoms with E-state index >= 15 is 0 Å². The first-order valence-corrected chi connectivity index (χ1v) is 8.66. The molecular weight excluding hydrogens is 328 g/mol. The maximum absolute atomic E-state index is 11.4. The highest BCUT2D eigenvalue weighted by Gasteiger charge is 2.12. The van der Waals surface area contributed by atoms with Gasteiger partial charge in [-0.3, -0.25) is 0 Å². The van der Waals surface area contributed by atoms with Crippen molar-refractivity contribution < 1.29 is 9.90 Å². The summed E-state index contributed by atoms with van der Waals surface area (Å²) in [6, 6.07) is 14.8. The summed E-state index contributed by atoms with van der Waals surface area (Å²) in [6.45, 7) is 3.03. The van der Waals surface area contributed by atoms with Gasteiger partial charge >= 0.3 is 5.97 Å². The third kappa shape index (κ3) is 3.81. The van der Waals surface area contributed by atoms with E-state index in [0.717, 1.165) is 35.6 Å². The maximum atomic E-state index is 11.4. The normalized spacial score (nSPS) is 10.8. The van der Waals surface area contributed by atoms with Gasteiger partial charge in [-0.25, -0.2) is 14.5 Å². The van der Waals surface area contributed by atoms with Crippen molar-refractivity contribution >= 4 is 5.97 Å². The fraction of sp³-hybridized carbons (Fsp3) is 0.250. The Kier molecular flexibility index (Phi) is 5.43. The van der Waals surface area contributed by atoms with Crippen LogP contribution in [0.4, 0.5) is 0 Å². The Balaban J connectivity index is 1.84. The molecule has 3 N–H and O–H groups in total. The molecule has 134 valence electrons.